The minimum Gasteiger partial charge on any atom is -0.303 e. The van der Waals surface area contributed by atoms with Crippen molar-refractivity contribution >= 4 is 0 Å². The Kier molecular flexibility index (Phi) is 15.7. The molecule has 0 bridgehead atoms. The van der Waals surface area contributed by atoms with Crippen molar-refractivity contribution in [2.45, 2.75) is 0 Å². The van der Waals surface area contributed by atoms with Gasteiger partial charge in [0, 0.05) is 62.7 Å². The summed E-state index contributed by atoms with van der Waals surface area (Å²) >= 11 is 0. The van der Waals surface area contributed by atoms with Gasteiger partial charge in [-0.1, -0.05) is 5.22 Å². The van der Waals surface area contributed by atoms with Crippen LogP contribution in [0.2, 0.25) is 0 Å². The van der Waals surface area contributed by atoms with E-state index in [1.54, 1.807) is 0 Å². The molecule has 0 saturated heterocycles. The monoisotopic (exact) mass is 366 g/mol. The molecule has 0 aromatic heterocycles. The topological polar surface area (TPSA) is 347 Å². The minimum atomic E-state index is 2.25. The maximum Gasteiger partial charge on any atom is 0.124 e. The molecule has 0 amide bonds. The molecule has 26 nitrogen and oxygen atoms in total. The third-order valence-corrected chi connectivity index (χ3v) is 0.932. The molecule has 0 aliphatic rings. The van der Waals surface area contributed by atoms with Gasteiger partial charge in [0.25, 0.3) is 0 Å². The second-order valence-corrected chi connectivity index (χ2v) is 2.17. The van der Waals surface area contributed by atoms with Crippen LogP contribution in [0.4, 0.5) is 0 Å². The number of hydrogen-bond acceptors (Lipinski definition) is 1. The maximum absolute atomic E-state index is 7.82. The highest BCUT2D eigenvalue weighted by molar-refractivity contribution is 4.31. The van der Waals surface area contributed by atoms with E-state index in [9.17, 15) is 0 Å². The first-order chi connectivity index (χ1) is 12.9. The second kappa shape index (κ2) is 19.7. The molecule has 2 N–H and O–H groups in total. The second-order valence-electron chi connectivity index (χ2n) is 2.17. The molecule has 26 heteroatoms. The van der Waals surface area contributed by atoms with E-state index >= 15 is 0 Å². The van der Waals surface area contributed by atoms with Crippen molar-refractivity contribution in [2.75, 3.05) is 0 Å². The van der Waals surface area contributed by atoms with E-state index in [-0.39, 0.29) is 0 Å². The summed E-state index contributed by atoms with van der Waals surface area (Å²) in [5, 5.41) is 67.3. The summed E-state index contributed by atoms with van der Waals surface area (Å²) in [7, 11) is 0. The van der Waals surface area contributed by atoms with Crippen molar-refractivity contribution < 1.29 is 0 Å². The molecular formula is H2N26. The van der Waals surface area contributed by atoms with Gasteiger partial charge in [0.2, 0.25) is 0 Å². The van der Waals surface area contributed by atoms with Crippen LogP contribution in [0.1, 0.15) is 0 Å². The molecule has 0 atom stereocenters. The van der Waals surface area contributed by atoms with Crippen molar-refractivity contribution in [3.05, 3.63) is 10.4 Å². The van der Waals surface area contributed by atoms with Gasteiger partial charge in [0.1, 0.15) is 10.4 Å². The number of azide groups is 1. The summed E-state index contributed by atoms with van der Waals surface area (Å²) < 4.78 is 0. The van der Waals surface area contributed by atoms with Crippen LogP contribution < -0.4 is 5.84 Å². The van der Waals surface area contributed by atoms with E-state index in [0.717, 1.165) is 0 Å². The molecule has 0 saturated carbocycles. The Morgan fingerprint density at radius 1 is 0.385 bits per heavy atom. The Morgan fingerprint density at radius 2 is 0.615 bits per heavy atom. The van der Waals surface area contributed by atoms with Gasteiger partial charge in [-0.3, -0.25) is 0 Å². The van der Waals surface area contributed by atoms with E-state index in [2.05, 4.69) is 131 Å². The first-order valence-corrected chi connectivity index (χ1v) is 5.06. The average molecular weight is 366 g/mol. The zero-order chi connectivity index (χ0) is 19.0. The van der Waals surface area contributed by atoms with Crippen LogP contribution in [0.25, 0.3) is 10.4 Å². The minimum absolute atomic E-state index is 2.25. The first kappa shape index (κ1) is 20.7. The lowest BCUT2D eigenvalue weighted by Crippen LogP contribution is -1.70. The van der Waals surface area contributed by atoms with Crippen molar-refractivity contribution in [1.82, 2.24) is 0 Å². The lowest BCUT2D eigenvalue weighted by Gasteiger charge is -1.69. The fraction of sp³-hybridized carbons (Fsp3) is 0. The van der Waals surface area contributed by atoms with Crippen LogP contribution in [-0.2, 0) is 0 Å². The van der Waals surface area contributed by atoms with E-state index in [0.29, 0.717) is 0 Å². The molecule has 0 unspecified atom stereocenters. The Bertz CT molecular complexity index is 699. The van der Waals surface area contributed by atoms with Crippen molar-refractivity contribution in [3.63, 3.8) is 0 Å². The normalized spacial score (nSPS) is 14.2. The Balaban J connectivity index is 3.94. The van der Waals surface area contributed by atoms with Crippen molar-refractivity contribution in [3.8, 4) is 0 Å². The van der Waals surface area contributed by atoms with Gasteiger partial charge in [0.05, 0.1) is 5.22 Å². The molecule has 0 aromatic rings. The Morgan fingerprint density at radius 3 is 0.846 bits per heavy atom. The van der Waals surface area contributed by atoms with Gasteiger partial charge >= 0.3 is 0 Å². The summed E-state index contributed by atoms with van der Waals surface area (Å²) in [5.74, 6) is 4.60. The Hall–Kier alpha value is -5.29. The number of nitrogens with zero attached hydrogens (tertiary/aromatic N) is 25. The standard InChI is InChI=1S/H2N26/c1-3-5-7-9-11-13-15-17-19-21-23-25-26-24-22-20-18-16-14-12-10-8-6-4-2/h(H2,1,5,8,9,12,13,16,17,20,21,24,25). The quantitative estimate of drug-likeness (QED) is 0.181. The molecule has 0 aliphatic heterocycles. The molecule has 26 heavy (non-hydrogen) atoms. The maximum atomic E-state index is 7.82. The van der Waals surface area contributed by atoms with Gasteiger partial charge < -0.3 is 5.84 Å². The summed E-state index contributed by atoms with van der Waals surface area (Å²) in [4.78, 5) is 2.25. The van der Waals surface area contributed by atoms with E-state index in [1.165, 1.54) is 0 Å². The Labute approximate surface area is 137 Å². The lowest BCUT2D eigenvalue weighted by atomic mass is 12.3. The number of nitrogens with two attached hydrogens (primary N) is 1. The fourth-order valence-corrected chi connectivity index (χ4v) is 0.399. The largest absolute Gasteiger partial charge is 0.303 e. The molecule has 0 fully saturated rings. The SMILES string of the molecule is [N-]=[N+]=N/N=N/N=N/N=N/N=N/N=N/N=N/N=N/N=N/N=N/N=N/N=N/N. The van der Waals surface area contributed by atoms with E-state index in [1.807, 2.05) is 0 Å². The smallest absolute Gasteiger partial charge is 0.124 e. The molecule has 0 aliphatic carbocycles. The highest BCUT2D eigenvalue weighted by Gasteiger charge is 1.72. The molecule has 0 heterocycles. The predicted molar refractivity (Wildman–Crippen MR) is 66.7 cm³/mol. The van der Waals surface area contributed by atoms with Gasteiger partial charge in [-0.05, 0) is 36.6 Å². The molecule has 0 aromatic carbocycles. The predicted octanol–water partition coefficient (Wildman–Crippen LogP) is 4.21. The highest BCUT2D eigenvalue weighted by atomic mass is 15.7. The van der Waals surface area contributed by atoms with Crippen LogP contribution in [0.3, 0.4) is 0 Å². The third-order valence-electron chi connectivity index (χ3n) is 0.932. The zero-order valence-corrected chi connectivity index (χ0v) is 11.8. The number of rotatable bonds is 11. The summed E-state index contributed by atoms with van der Waals surface area (Å²) in [5.41, 5.74) is 7.82. The van der Waals surface area contributed by atoms with Gasteiger partial charge in [0.15, 0.2) is 0 Å². The molecule has 132 valence electrons. The van der Waals surface area contributed by atoms with Gasteiger partial charge in [-0.25, -0.2) is 0 Å². The van der Waals surface area contributed by atoms with Crippen LogP contribution >= 0.6 is 0 Å². The van der Waals surface area contributed by atoms with Crippen molar-refractivity contribution in [2.24, 2.45) is 126 Å². The molecule has 0 radical (unpaired) electrons. The van der Waals surface area contributed by atoms with Crippen LogP contribution in [0, 0.1) is 0 Å². The lowest BCUT2D eigenvalue weighted by molar-refractivity contribution is 0.734. The van der Waals surface area contributed by atoms with Gasteiger partial charge in [-0.2, -0.15) is 4.91 Å². The zero-order valence-electron chi connectivity index (χ0n) is 11.8. The molecule has 0 rings (SSSR count). The average Bonchev–Trinajstić information content (AvgIpc) is 2.66. The molecular weight excluding hydrogens is 364 g/mol. The van der Waals surface area contributed by atoms with Crippen LogP contribution in [0.15, 0.2) is 120 Å². The highest BCUT2D eigenvalue weighted by Crippen LogP contribution is 1.90. The number of hydrogen-bond donors (Lipinski definition) is 1. The summed E-state index contributed by atoms with van der Waals surface area (Å²) in [6.07, 6.45) is 0. The van der Waals surface area contributed by atoms with Crippen LogP contribution in [-0.4, -0.2) is 0 Å². The summed E-state index contributed by atoms with van der Waals surface area (Å²) in [6, 6.07) is 0. The first-order valence-electron chi connectivity index (χ1n) is 5.06. The summed E-state index contributed by atoms with van der Waals surface area (Å²) in [6.45, 7) is 0. The van der Waals surface area contributed by atoms with E-state index < -0.39 is 0 Å². The van der Waals surface area contributed by atoms with Crippen LogP contribution in [0.5, 0.6) is 0 Å². The van der Waals surface area contributed by atoms with Gasteiger partial charge in [-0.15, -0.1) is 5.53 Å². The molecule has 0 spiro atoms. The van der Waals surface area contributed by atoms with Crippen molar-refractivity contribution in [1.29, 1.82) is 0 Å². The third kappa shape index (κ3) is 18.7. The fourth-order valence-electron chi connectivity index (χ4n) is 0.399. The van der Waals surface area contributed by atoms with E-state index in [4.69, 9.17) is 5.53 Å².